The predicted octanol–water partition coefficient (Wildman–Crippen LogP) is 12.8. The number of ether oxygens (including phenoxy) is 2. The highest BCUT2D eigenvalue weighted by Gasteiger charge is 2.05. The van der Waals surface area contributed by atoms with Gasteiger partial charge in [-0.05, 0) is 38.5 Å². The van der Waals surface area contributed by atoms with Crippen LogP contribution in [-0.4, -0.2) is 25.2 Å². The summed E-state index contributed by atoms with van der Waals surface area (Å²) in [5, 5.41) is 0. The van der Waals surface area contributed by atoms with Crippen LogP contribution in [0.3, 0.4) is 0 Å². The van der Waals surface area contributed by atoms with Gasteiger partial charge in [0.1, 0.15) is 0 Å². The standard InChI is InChI=1S/C39H74O4/c1-3-5-7-9-11-13-15-17-19-21-23-25-27-29-31-34-38(40)42-36-33-37-43-39(41)35-32-30-28-26-24-22-20-18-16-14-12-10-8-6-4-2/h17,19H,3-16,18,20-37H2,1-2H3/b19-17-. The molecule has 0 aliphatic rings. The van der Waals surface area contributed by atoms with Gasteiger partial charge in [-0.1, -0.05) is 167 Å². The molecular weight excluding hydrogens is 532 g/mol. The fourth-order valence-electron chi connectivity index (χ4n) is 5.56. The van der Waals surface area contributed by atoms with Gasteiger partial charge < -0.3 is 9.47 Å². The van der Waals surface area contributed by atoms with Gasteiger partial charge >= 0.3 is 11.9 Å². The molecule has 0 spiro atoms. The molecule has 254 valence electrons. The number of allylic oxidation sites excluding steroid dienone is 2. The Labute approximate surface area is 268 Å². The maximum absolute atomic E-state index is 11.9. The smallest absolute Gasteiger partial charge is 0.305 e. The van der Waals surface area contributed by atoms with E-state index < -0.39 is 0 Å². The lowest BCUT2D eigenvalue weighted by molar-refractivity contribution is -0.146. The van der Waals surface area contributed by atoms with Gasteiger partial charge in [-0.2, -0.15) is 0 Å². The molecule has 0 radical (unpaired) electrons. The van der Waals surface area contributed by atoms with Crippen molar-refractivity contribution in [1.82, 2.24) is 0 Å². The van der Waals surface area contributed by atoms with E-state index in [9.17, 15) is 9.59 Å². The maximum atomic E-state index is 11.9. The van der Waals surface area contributed by atoms with Gasteiger partial charge in [-0.15, -0.1) is 0 Å². The van der Waals surface area contributed by atoms with Crippen molar-refractivity contribution in [1.29, 1.82) is 0 Å². The number of carbonyl (C=O) groups is 2. The van der Waals surface area contributed by atoms with E-state index in [2.05, 4.69) is 26.0 Å². The van der Waals surface area contributed by atoms with E-state index in [-0.39, 0.29) is 11.9 Å². The first-order chi connectivity index (χ1) is 21.2. The molecule has 43 heavy (non-hydrogen) atoms. The third-order valence-electron chi connectivity index (χ3n) is 8.44. The molecule has 0 rings (SSSR count). The van der Waals surface area contributed by atoms with Crippen LogP contribution in [0, 0.1) is 0 Å². The highest BCUT2D eigenvalue weighted by Crippen LogP contribution is 2.14. The van der Waals surface area contributed by atoms with Crippen LogP contribution in [0.2, 0.25) is 0 Å². The van der Waals surface area contributed by atoms with E-state index in [0.717, 1.165) is 25.7 Å². The first-order valence-corrected chi connectivity index (χ1v) is 19.2. The van der Waals surface area contributed by atoms with E-state index in [1.165, 1.54) is 154 Å². The van der Waals surface area contributed by atoms with Crippen molar-refractivity contribution >= 4 is 11.9 Å². The minimum atomic E-state index is -0.123. The molecule has 4 nitrogen and oxygen atoms in total. The van der Waals surface area contributed by atoms with Gasteiger partial charge in [0.2, 0.25) is 0 Å². The largest absolute Gasteiger partial charge is 0.466 e. The highest BCUT2D eigenvalue weighted by atomic mass is 16.5. The van der Waals surface area contributed by atoms with Gasteiger partial charge in [-0.3, -0.25) is 9.59 Å². The Hall–Kier alpha value is -1.32. The summed E-state index contributed by atoms with van der Waals surface area (Å²) in [5.74, 6) is -0.240. The molecule has 0 fully saturated rings. The molecule has 0 aromatic heterocycles. The van der Waals surface area contributed by atoms with Gasteiger partial charge in [0.15, 0.2) is 0 Å². The molecule has 0 aromatic carbocycles. The number of esters is 2. The molecule has 0 unspecified atom stereocenters. The van der Waals surface area contributed by atoms with Gasteiger partial charge in [0.25, 0.3) is 0 Å². The van der Waals surface area contributed by atoms with Crippen molar-refractivity contribution in [3.05, 3.63) is 12.2 Å². The van der Waals surface area contributed by atoms with Crippen molar-refractivity contribution < 1.29 is 19.1 Å². The van der Waals surface area contributed by atoms with E-state index in [4.69, 9.17) is 9.47 Å². The molecule has 0 atom stereocenters. The second kappa shape index (κ2) is 36.9. The number of unbranched alkanes of at least 4 members (excludes halogenated alkanes) is 25. The molecule has 0 aromatic rings. The summed E-state index contributed by atoms with van der Waals surface area (Å²) in [6.07, 6.45) is 42.4. The molecule has 0 aliphatic carbocycles. The SMILES string of the molecule is CCCCCCCC/C=C\CCCCCCCC(=O)OCCCOC(=O)CCCCCCCCCCCCCCCCC. The minimum absolute atomic E-state index is 0.116. The van der Waals surface area contributed by atoms with E-state index in [0.29, 0.717) is 32.5 Å². The lowest BCUT2D eigenvalue weighted by Crippen LogP contribution is -2.10. The van der Waals surface area contributed by atoms with Crippen molar-refractivity contribution in [2.24, 2.45) is 0 Å². The van der Waals surface area contributed by atoms with Crippen LogP contribution in [0.25, 0.3) is 0 Å². The third-order valence-corrected chi connectivity index (χ3v) is 8.44. The summed E-state index contributed by atoms with van der Waals surface area (Å²) in [4.78, 5) is 23.8. The Morgan fingerprint density at radius 2 is 0.651 bits per heavy atom. The topological polar surface area (TPSA) is 52.6 Å². The molecule has 0 saturated heterocycles. The minimum Gasteiger partial charge on any atom is -0.466 e. The first-order valence-electron chi connectivity index (χ1n) is 19.2. The van der Waals surface area contributed by atoms with Crippen LogP contribution in [-0.2, 0) is 19.1 Å². The number of rotatable bonds is 35. The average molecular weight is 607 g/mol. The fraction of sp³-hybridized carbons (Fsp3) is 0.897. The molecule has 0 amide bonds. The molecule has 0 saturated carbocycles. The Morgan fingerprint density at radius 1 is 0.372 bits per heavy atom. The third kappa shape index (κ3) is 36.8. The van der Waals surface area contributed by atoms with Crippen molar-refractivity contribution in [2.45, 2.75) is 213 Å². The average Bonchev–Trinajstić information content (AvgIpc) is 3.00. The second-order valence-electron chi connectivity index (χ2n) is 12.8. The first kappa shape index (κ1) is 41.7. The molecule has 0 aliphatic heterocycles. The van der Waals surface area contributed by atoms with E-state index in [1.54, 1.807) is 0 Å². The van der Waals surface area contributed by atoms with Crippen LogP contribution in [0.1, 0.15) is 213 Å². The summed E-state index contributed by atoms with van der Waals surface area (Å²) < 4.78 is 10.6. The van der Waals surface area contributed by atoms with Crippen LogP contribution < -0.4 is 0 Å². The monoisotopic (exact) mass is 607 g/mol. The molecular formula is C39H74O4. The molecule has 0 N–H and O–H groups in total. The van der Waals surface area contributed by atoms with E-state index >= 15 is 0 Å². The van der Waals surface area contributed by atoms with Crippen LogP contribution in [0.15, 0.2) is 12.2 Å². The summed E-state index contributed by atoms with van der Waals surface area (Å²) in [7, 11) is 0. The number of carbonyl (C=O) groups excluding carboxylic acids is 2. The maximum Gasteiger partial charge on any atom is 0.305 e. The Morgan fingerprint density at radius 3 is 0.977 bits per heavy atom. The molecule has 0 heterocycles. The van der Waals surface area contributed by atoms with E-state index in [1.807, 2.05) is 0 Å². The second-order valence-corrected chi connectivity index (χ2v) is 12.8. The van der Waals surface area contributed by atoms with Gasteiger partial charge in [0.05, 0.1) is 13.2 Å². The zero-order valence-corrected chi connectivity index (χ0v) is 29.1. The van der Waals surface area contributed by atoms with Crippen LogP contribution >= 0.6 is 0 Å². The van der Waals surface area contributed by atoms with Crippen molar-refractivity contribution in [3.8, 4) is 0 Å². The predicted molar refractivity (Wildman–Crippen MR) is 186 cm³/mol. The summed E-state index contributed by atoms with van der Waals surface area (Å²) in [5.41, 5.74) is 0. The van der Waals surface area contributed by atoms with Gasteiger partial charge in [0, 0.05) is 19.3 Å². The lowest BCUT2D eigenvalue weighted by Gasteiger charge is -2.07. The Kier molecular flexibility index (Phi) is 35.7. The summed E-state index contributed by atoms with van der Waals surface area (Å²) >= 11 is 0. The molecule has 4 heteroatoms. The number of hydrogen-bond acceptors (Lipinski definition) is 4. The Bertz CT molecular complexity index is 600. The highest BCUT2D eigenvalue weighted by molar-refractivity contribution is 5.69. The summed E-state index contributed by atoms with van der Waals surface area (Å²) in [6.45, 7) is 5.23. The Balaban J connectivity index is 3.29. The lowest BCUT2D eigenvalue weighted by atomic mass is 10.0. The quantitative estimate of drug-likeness (QED) is 0.0409. The van der Waals surface area contributed by atoms with Crippen molar-refractivity contribution in [3.63, 3.8) is 0 Å². The number of hydrogen-bond donors (Lipinski definition) is 0. The fourth-order valence-corrected chi connectivity index (χ4v) is 5.56. The van der Waals surface area contributed by atoms with Crippen LogP contribution in [0.5, 0.6) is 0 Å². The normalized spacial score (nSPS) is 11.4. The zero-order valence-electron chi connectivity index (χ0n) is 29.1. The summed E-state index contributed by atoms with van der Waals surface area (Å²) in [6, 6.07) is 0. The van der Waals surface area contributed by atoms with Crippen LogP contribution in [0.4, 0.5) is 0 Å². The van der Waals surface area contributed by atoms with Crippen molar-refractivity contribution in [2.75, 3.05) is 13.2 Å². The molecule has 0 bridgehead atoms. The zero-order chi connectivity index (χ0) is 31.3. The van der Waals surface area contributed by atoms with Gasteiger partial charge in [-0.25, -0.2) is 0 Å².